The summed E-state index contributed by atoms with van der Waals surface area (Å²) in [7, 11) is 0. The Hall–Kier alpha value is -1.43. The SMILES string of the molecule is CCCNc1nc(NCC(C)(O)CC)c(F)cc1F. The molecule has 0 bridgehead atoms. The van der Waals surface area contributed by atoms with Crippen molar-refractivity contribution in [3.8, 4) is 0 Å². The van der Waals surface area contributed by atoms with Crippen LogP contribution in [0.5, 0.6) is 0 Å². The zero-order valence-corrected chi connectivity index (χ0v) is 11.6. The number of hydrogen-bond acceptors (Lipinski definition) is 4. The van der Waals surface area contributed by atoms with Gasteiger partial charge in [0, 0.05) is 19.2 Å². The first-order valence-electron chi connectivity index (χ1n) is 6.45. The summed E-state index contributed by atoms with van der Waals surface area (Å²) < 4.78 is 27.0. The number of nitrogens with one attached hydrogen (secondary N) is 2. The molecular weight excluding hydrogens is 252 g/mol. The van der Waals surface area contributed by atoms with Crippen LogP contribution in [-0.2, 0) is 0 Å². The third-order valence-electron chi connectivity index (χ3n) is 2.87. The van der Waals surface area contributed by atoms with E-state index in [-0.39, 0.29) is 18.2 Å². The molecule has 0 aliphatic carbocycles. The van der Waals surface area contributed by atoms with Crippen molar-refractivity contribution in [2.24, 2.45) is 0 Å². The van der Waals surface area contributed by atoms with E-state index < -0.39 is 17.2 Å². The smallest absolute Gasteiger partial charge is 0.168 e. The molecule has 1 unspecified atom stereocenters. The number of rotatable bonds is 7. The minimum Gasteiger partial charge on any atom is -0.388 e. The fraction of sp³-hybridized carbons (Fsp3) is 0.615. The first-order valence-corrected chi connectivity index (χ1v) is 6.45. The molecule has 0 fully saturated rings. The van der Waals surface area contributed by atoms with Crippen molar-refractivity contribution in [2.75, 3.05) is 23.7 Å². The van der Waals surface area contributed by atoms with Gasteiger partial charge in [-0.2, -0.15) is 0 Å². The van der Waals surface area contributed by atoms with Gasteiger partial charge in [0.15, 0.2) is 23.3 Å². The molecule has 0 spiro atoms. The summed E-state index contributed by atoms with van der Waals surface area (Å²) in [6.45, 7) is 6.10. The van der Waals surface area contributed by atoms with Crippen LogP contribution in [0.4, 0.5) is 20.4 Å². The zero-order chi connectivity index (χ0) is 14.5. The summed E-state index contributed by atoms with van der Waals surface area (Å²) >= 11 is 0. The molecule has 1 atom stereocenters. The Labute approximate surface area is 112 Å². The van der Waals surface area contributed by atoms with Crippen molar-refractivity contribution in [2.45, 2.75) is 39.2 Å². The Morgan fingerprint density at radius 2 is 1.79 bits per heavy atom. The summed E-state index contributed by atoms with van der Waals surface area (Å²) in [5.41, 5.74) is -0.959. The van der Waals surface area contributed by atoms with Crippen LogP contribution < -0.4 is 10.6 Å². The predicted molar refractivity (Wildman–Crippen MR) is 72.3 cm³/mol. The molecule has 0 aliphatic heterocycles. The molecule has 0 aromatic carbocycles. The van der Waals surface area contributed by atoms with Crippen molar-refractivity contribution in [1.29, 1.82) is 0 Å². The van der Waals surface area contributed by atoms with Gasteiger partial charge in [-0.3, -0.25) is 0 Å². The van der Waals surface area contributed by atoms with E-state index in [2.05, 4.69) is 15.6 Å². The van der Waals surface area contributed by atoms with Gasteiger partial charge < -0.3 is 15.7 Å². The number of pyridine rings is 1. The highest BCUT2D eigenvalue weighted by Gasteiger charge is 2.19. The lowest BCUT2D eigenvalue weighted by Gasteiger charge is -2.22. The van der Waals surface area contributed by atoms with Crippen LogP contribution in [0.15, 0.2) is 6.07 Å². The molecule has 0 saturated heterocycles. The van der Waals surface area contributed by atoms with E-state index in [0.29, 0.717) is 13.0 Å². The summed E-state index contributed by atoms with van der Waals surface area (Å²) in [6.07, 6.45) is 1.33. The normalized spacial score (nSPS) is 14.0. The van der Waals surface area contributed by atoms with E-state index in [4.69, 9.17) is 0 Å². The van der Waals surface area contributed by atoms with Crippen LogP contribution in [0, 0.1) is 11.6 Å². The highest BCUT2D eigenvalue weighted by Crippen LogP contribution is 2.20. The summed E-state index contributed by atoms with van der Waals surface area (Å²) in [5.74, 6) is -1.54. The Morgan fingerprint density at radius 1 is 1.21 bits per heavy atom. The molecule has 1 aromatic heterocycles. The molecule has 3 N–H and O–H groups in total. The maximum atomic E-state index is 13.6. The molecule has 0 aliphatic rings. The second-order valence-electron chi connectivity index (χ2n) is 4.78. The molecule has 0 radical (unpaired) electrons. The number of aromatic nitrogens is 1. The number of nitrogens with zero attached hydrogens (tertiary/aromatic N) is 1. The molecule has 0 saturated carbocycles. The third-order valence-corrected chi connectivity index (χ3v) is 2.87. The van der Waals surface area contributed by atoms with Crippen LogP contribution in [0.1, 0.15) is 33.6 Å². The van der Waals surface area contributed by atoms with Crippen LogP contribution in [-0.4, -0.2) is 28.8 Å². The van der Waals surface area contributed by atoms with Crippen molar-refractivity contribution in [3.05, 3.63) is 17.7 Å². The molecule has 1 aromatic rings. The lowest BCUT2D eigenvalue weighted by Crippen LogP contribution is -2.33. The van der Waals surface area contributed by atoms with Crippen molar-refractivity contribution < 1.29 is 13.9 Å². The number of anilines is 2. The molecule has 1 rings (SSSR count). The molecule has 19 heavy (non-hydrogen) atoms. The second-order valence-corrected chi connectivity index (χ2v) is 4.78. The highest BCUT2D eigenvalue weighted by molar-refractivity contribution is 5.47. The zero-order valence-electron chi connectivity index (χ0n) is 11.6. The van der Waals surface area contributed by atoms with Gasteiger partial charge in [-0.05, 0) is 19.8 Å². The monoisotopic (exact) mass is 273 g/mol. The van der Waals surface area contributed by atoms with E-state index in [1.807, 2.05) is 13.8 Å². The Bertz CT molecular complexity index is 425. The molecule has 1 heterocycles. The van der Waals surface area contributed by atoms with Crippen LogP contribution in [0.25, 0.3) is 0 Å². The number of halogens is 2. The second kappa shape index (κ2) is 6.65. The van der Waals surface area contributed by atoms with E-state index in [9.17, 15) is 13.9 Å². The fourth-order valence-corrected chi connectivity index (χ4v) is 1.36. The van der Waals surface area contributed by atoms with Crippen LogP contribution >= 0.6 is 0 Å². The maximum absolute atomic E-state index is 13.6. The maximum Gasteiger partial charge on any atom is 0.168 e. The summed E-state index contributed by atoms with van der Waals surface area (Å²) in [6, 6.07) is 0.786. The summed E-state index contributed by atoms with van der Waals surface area (Å²) in [5, 5.41) is 15.3. The third kappa shape index (κ3) is 4.63. The molecular formula is C13H21F2N3O. The first kappa shape index (κ1) is 15.6. The molecule has 6 heteroatoms. The van der Waals surface area contributed by atoms with Gasteiger partial charge >= 0.3 is 0 Å². The average Bonchev–Trinajstić information content (AvgIpc) is 2.36. The van der Waals surface area contributed by atoms with Gasteiger partial charge in [0.1, 0.15) is 0 Å². The topological polar surface area (TPSA) is 57.2 Å². The minimum absolute atomic E-state index is 0.0156. The quantitative estimate of drug-likeness (QED) is 0.715. The van der Waals surface area contributed by atoms with Crippen LogP contribution in [0.2, 0.25) is 0 Å². The fourth-order valence-electron chi connectivity index (χ4n) is 1.36. The highest BCUT2D eigenvalue weighted by atomic mass is 19.1. The largest absolute Gasteiger partial charge is 0.388 e. The lowest BCUT2D eigenvalue weighted by molar-refractivity contribution is 0.0696. The lowest BCUT2D eigenvalue weighted by atomic mass is 10.0. The van der Waals surface area contributed by atoms with E-state index in [0.717, 1.165) is 12.5 Å². The molecule has 0 amide bonds. The van der Waals surface area contributed by atoms with Gasteiger partial charge in [-0.1, -0.05) is 13.8 Å². The number of aliphatic hydroxyl groups is 1. The van der Waals surface area contributed by atoms with Gasteiger partial charge in [0.25, 0.3) is 0 Å². The van der Waals surface area contributed by atoms with Gasteiger partial charge in [0.2, 0.25) is 0 Å². The standard InChI is InChI=1S/C13H21F2N3O/c1-4-6-16-11-9(14)7-10(15)12(18-11)17-8-13(3,19)5-2/h7,19H,4-6,8H2,1-3H3,(H2,16,17,18). The predicted octanol–water partition coefficient (Wildman–Crippen LogP) is 2.75. The van der Waals surface area contributed by atoms with Crippen molar-refractivity contribution in [3.63, 3.8) is 0 Å². The van der Waals surface area contributed by atoms with E-state index >= 15 is 0 Å². The van der Waals surface area contributed by atoms with Gasteiger partial charge in [-0.15, -0.1) is 0 Å². The van der Waals surface area contributed by atoms with Gasteiger partial charge in [-0.25, -0.2) is 13.8 Å². The van der Waals surface area contributed by atoms with E-state index in [1.54, 1.807) is 6.92 Å². The minimum atomic E-state index is -0.959. The van der Waals surface area contributed by atoms with Gasteiger partial charge in [0.05, 0.1) is 5.60 Å². The Kier molecular flexibility index (Phi) is 5.47. The Balaban J connectivity index is 2.82. The first-order chi connectivity index (χ1) is 8.89. The Morgan fingerprint density at radius 3 is 2.32 bits per heavy atom. The molecule has 108 valence electrons. The van der Waals surface area contributed by atoms with Crippen LogP contribution in [0.3, 0.4) is 0 Å². The summed E-state index contributed by atoms with van der Waals surface area (Å²) in [4.78, 5) is 3.86. The van der Waals surface area contributed by atoms with Crippen molar-refractivity contribution in [1.82, 2.24) is 4.98 Å². The average molecular weight is 273 g/mol. The number of hydrogen-bond donors (Lipinski definition) is 3. The van der Waals surface area contributed by atoms with E-state index in [1.165, 1.54) is 0 Å². The molecule has 4 nitrogen and oxygen atoms in total. The van der Waals surface area contributed by atoms with Crippen molar-refractivity contribution >= 4 is 11.6 Å².